The summed E-state index contributed by atoms with van der Waals surface area (Å²) < 4.78 is 11.1. The minimum absolute atomic E-state index is 0.0662. The van der Waals surface area contributed by atoms with E-state index in [2.05, 4.69) is 10.6 Å². The van der Waals surface area contributed by atoms with Crippen molar-refractivity contribution in [2.45, 2.75) is 20.4 Å². The van der Waals surface area contributed by atoms with Gasteiger partial charge in [0.05, 0.1) is 26.3 Å². The number of rotatable bonds is 11. The number of halogens is 1. The van der Waals surface area contributed by atoms with Crippen molar-refractivity contribution < 1.29 is 19.1 Å². The smallest absolute Gasteiger partial charge is 0.238 e. The lowest BCUT2D eigenvalue weighted by atomic mass is 10.2. The molecule has 0 fully saturated rings. The number of amides is 2. The van der Waals surface area contributed by atoms with E-state index >= 15 is 0 Å². The first-order valence-corrected chi connectivity index (χ1v) is 10.2. The lowest BCUT2D eigenvalue weighted by Crippen LogP contribution is -2.38. The van der Waals surface area contributed by atoms with Gasteiger partial charge in [-0.3, -0.25) is 14.5 Å². The number of anilines is 1. The third-order valence-corrected chi connectivity index (χ3v) is 4.46. The molecule has 0 aliphatic carbocycles. The second kappa shape index (κ2) is 12.0. The molecule has 0 saturated heterocycles. The summed E-state index contributed by atoms with van der Waals surface area (Å²) in [4.78, 5) is 26.1. The average Bonchev–Trinajstić information content (AvgIpc) is 2.69. The van der Waals surface area contributed by atoms with Gasteiger partial charge in [-0.1, -0.05) is 29.8 Å². The number of likely N-dealkylation sites (N-methyl/N-ethyl adjacent to an activating group) is 1. The van der Waals surface area contributed by atoms with Gasteiger partial charge >= 0.3 is 0 Å². The number of hydrogen-bond acceptors (Lipinski definition) is 5. The Morgan fingerprint density at radius 1 is 0.967 bits per heavy atom. The summed E-state index contributed by atoms with van der Waals surface area (Å²) in [6.45, 7) is 5.28. The molecule has 0 aliphatic heterocycles. The van der Waals surface area contributed by atoms with Gasteiger partial charge in [-0.05, 0) is 44.7 Å². The van der Waals surface area contributed by atoms with Gasteiger partial charge in [0.15, 0.2) is 11.5 Å². The lowest BCUT2D eigenvalue weighted by Gasteiger charge is -2.17. The summed E-state index contributed by atoms with van der Waals surface area (Å²) >= 11 is 6.09. The number of carbonyl (C=O) groups excluding carboxylic acids is 2. The fourth-order valence-electron chi connectivity index (χ4n) is 2.77. The Balaban J connectivity index is 1.83. The van der Waals surface area contributed by atoms with Gasteiger partial charge in [0.25, 0.3) is 0 Å². The van der Waals surface area contributed by atoms with Gasteiger partial charge in [-0.25, -0.2) is 0 Å². The zero-order chi connectivity index (χ0) is 21.9. The molecule has 0 spiro atoms. The number of nitrogens with zero attached hydrogens (tertiary/aromatic N) is 1. The minimum Gasteiger partial charge on any atom is -0.490 e. The van der Waals surface area contributed by atoms with Crippen molar-refractivity contribution >= 4 is 29.1 Å². The predicted molar refractivity (Wildman–Crippen MR) is 118 cm³/mol. The van der Waals surface area contributed by atoms with Gasteiger partial charge in [0.1, 0.15) is 0 Å². The van der Waals surface area contributed by atoms with Crippen LogP contribution in [0.5, 0.6) is 11.5 Å². The second-order valence-corrected chi connectivity index (χ2v) is 7.02. The zero-order valence-electron chi connectivity index (χ0n) is 17.5. The van der Waals surface area contributed by atoms with Crippen molar-refractivity contribution in [2.24, 2.45) is 0 Å². The normalized spacial score (nSPS) is 10.6. The maximum absolute atomic E-state index is 12.3. The van der Waals surface area contributed by atoms with Crippen LogP contribution in [-0.2, 0) is 16.1 Å². The number of ether oxygens (including phenoxy) is 2. The molecular weight excluding hydrogens is 406 g/mol. The Bertz CT molecular complexity index is 860. The summed E-state index contributed by atoms with van der Waals surface area (Å²) in [6, 6.07) is 12.6. The van der Waals surface area contributed by atoms with Crippen LogP contribution in [0.25, 0.3) is 0 Å². The Kier molecular flexibility index (Phi) is 9.44. The quantitative estimate of drug-likeness (QED) is 0.568. The molecule has 0 aromatic heterocycles. The second-order valence-electron chi connectivity index (χ2n) is 6.62. The van der Waals surface area contributed by atoms with Crippen LogP contribution in [0.2, 0.25) is 5.02 Å². The average molecular weight is 434 g/mol. The van der Waals surface area contributed by atoms with Gasteiger partial charge in [0.2, 0.25) is 11.8 Å². The van der Waals surface area contributed by atoms with Crippen molar-refractivity contribution in [3.05, 3.63) is 53.1 Å². The predicted octanol–water partition coefficient (Wildman–Crippen LogP) is 3.32. The maximum atomic E-state index is 12.3. The highest BCUT2D eigenvalue weighted by atomic mass is 35.5. The topological polar surface area (TPSA) is 79.9 Å². The van der Waals surface area contributed by atoms with Crippen LogP contribution in [0.4, 0.5) is 5.69 Å². The van der Waals surface area contributed by atoms with Gasteiger partial charge in [-0.15, -0.1) is 0 Å². The van der Waals surface area contributed by atoms with Crippen LogP contribution in [0, 0.1) is 0 Å². The third-order valence-electron chi connectivity index (χ3n) is 4.09. The van der Waals surface area contributed by atoms with Crippen LogP contribution >= 0.6 is 11.6 Å². The van der Waals surface area contributed by atoms with E-state index in [1.165, 1.54) is 0 Å². The highest BCUT2D eigenvalue weighted by Gasteiger charge is 2.13. The molecule has 0 saturated carbocycles. The Labute approximate surface area is 182 Å². The summed E-state index contributed by atoms with van der Waals surface area (Å²) in [5.74, 6) is 0.780. The first-order chi connectivity index (χ1) is 14.4. The zero-order valence-corrected chi connectivity index (χ0v) is 18.3. The first kappa shape index (κ1) is 23.5. The number of benzene rings is 2. The lowest BCUT2D eigenvalue weighted by molar-refractivity contribution is -0.123. The number of nitrogens with one attached hydrogen (secondary N) is 2. The van der Waals surface area contributed by atoms with E-state index in [0.717, 1.165) is 5.56 Å². The van der Waals surface area contributed by atoms with Crippen LogP contribution in [0.3, 0.4) is 0 Å². The van der Waals surface area contributed by atoms with Crippen molar-refractivity contribution in [3.8, 4) is 11.5 Å². The van der Waals surface area contributed by atoms with Crippen molar-refractivity contribution in [2.75, 3.05) is 38.7 Å². The Morgan fingerprint density at radius 2 is 1.63 bits per heavy atom. The highest BCUT2D eigenvalue weighted by molar-refractivity contribution is 6.31. The maximum Gasteiger partial charge on any atom is 0.238 e. The fourth-order valence-corrected chi connectivity index (χ4v) is 2.97. The van der Waals surface area contributed by atoms with E-state index in [1.54, 1.807) is 36.2 Å². The minimum atomic E-state index is -0.233. The van der Waals surface area contributed by atoms with Gasteiger partial charge in [0, 0.05) is 23.3 Å². The highest BCUT2D eigenvalue weighted by Crippen LogP contribution is 2.30. The van der Waals surface area contributed by atoms with E-state index < -0.39 is 0 Å². The van der Waals surface area contributed by atoms with Crippen LogP contribution < -0.4 is 20.1 Å². The third kappa shape index (κ3) is 7.57. The fraction of sp³-hybridized carbons (Fsp3) is 0.364. The molecule has 2 aromatic rings. The molecular formula is C22H28ClN3O4. The summed E-state index contributed by atoms with van der Waals surface area (Å²) in [5, 5.41) is 6.22. The van der Waals surface area contributed by atoms with E-state index in [4.69, 9.17) is 21.1 Å². The Hall–Kier alpha value is -2.77. The molecule has 0 heterocycles. The van der Waals surface area contributed by atoms with E-state index in [9.17, 15) is 9.59 Å². The summed E-state index contributed by atoms with van der Waals surface area (Å²) in [5.41, 5.74) is 1.44. The van der Waals surface area contributed by atoms with Crippen molar-refractivity contribution in [3.63, 3.8) is 0 Å². The molecule has 0 atom stereocenters. The van der Waals surface area contributed by atoms with Gasteiger partial charge < -0.3 is 20.1 Å². The largest absolute Gasteiger partial charge is 0.490 e. The molecule has 2 amide bonds. The van der Waals surface area contributed by atoms with Crippen LogP contribution in [-0.4, -0.2) is 50.1 Å². The van der Waals surface area contributed by atoms with Gasteiger partial charge in [-0.2, -0.15) is 0 Å². The number of hydrogen-bond donors (Lipinski definition) is 2. The monoisotopic (exact) mass is 433 g/mol. The number of carbonyl (C=O) groups is 2. The van der Waals surface area contributed by atoms with E-state index in [0.29, 0.717) is 42.0 Å². The first-order valence-electron chi connectivity index (χ1n) is 9.81. The SMILES string of the molecule is CCOc1ccc(NC(=O)CN(C)CC(=O)NCc2ccccc2Cl)cc1OCC. The van der Waals surface area contributed by atoms with E-state index in [1.807, 2.05) is 32.0 Å². The molecule has 8 heteroatoms. The molecule has 2 N–H and O–H groups in total. The standard InChI is InChI=1S/C22H28ClN3O4/c1-4-29-19-11-10-17(12-20(19)30-5-2)25-22(28)15-26(3)14-21(27)24-13-16-8-6-7-9-18(16)23/h6-12H,4-5,13-15H2,1-3H3,(H,24,27)(H,25,28). The van der Waals surface area contributed by atoms with Crippen molar-refractivity contribution in [1.82, 2.24) is 10.2 Å². The van der Waals surface area contributed by atoms with E-state index in [-0.39, 0.29) is 24.9 Å². The Morgan fingerprint density at radius 3 is 2.33 bits per heavy atom. The molecule has 30 heavy (non-hydrogen) atoms. The molecule has 0 bridgehead atoms. The van der Waals surface area contributed by atoms with Crippen molar-refractivity contribution in [1.29, 1.82) is 0 Å². The molecule has 7 nitrogen and oxygen atoms in total. The molecule has 162 valence electrons. The molecule has 0 aliphatic rings. The molecule has 2 aromatic carbocycles. The summed E-state index contributed by atoms with van der Waals surface area (Å²) in [6.07, 6.45) is 0. The van der Waals surface area contributed by atoms with Crippen LogP contribution in [0.1, 0.15) is 19.4 Å². The summed E-state index contributed by atoms with van der Waals surface area (Å²) in [7, 11) is 1.71. The molecule has 0 unspecified atom stereocenters. The van der Waals surface area contributed by atoms with Crippen LogP contribution in [0.15, 0.2) is 42.5 Å². The molecule has 0 radical (unpaired) electrons. The molecule has 2 rings (SSSR count).